The number of carbonyl (C=O) groups excluding carboxylic acids is 1. The van der Waals surface area contributed by atoms with Crippen molar-refractivity contribution >= 4 is 60.8 Å². The fourth-order valence-electron chi connectivity index (χ4n) is 2.85. The number of hydrogen-bond donors (Lipinski definition) is 1. The summed E-state index contributed by atoms with van der Waals surface area (Å²) in [5.41, 5.74) is 1.35. The normalized spacial score (nSPS) is 12.5. The van der Waals surface area contributed by atoms with Gasteiger partial charge >= 0.3 is 5.97 Å². The second-order valence-corrected chi connectivity index (χ2v) is 9.73. The monoisotopic (exact) mass is 431 g/mol. The molecule has 28 heavy (non-hydrogen) atoms. The summed E-state index contributed by atoms with van der Waals surface area (Å²) in [6, 6.07) is 7.98. The molecule has 0 amide bonds. The van der Waals surface area contributed by atoms with Gasteiger partial charge in [0.15, 0.2) is 4.34 Å². The van der Waals surface area contributed by atoms with Crippen LogP contribution in [0.1, 0.15) is 40.2 Å². The van der Waals surface area contributed by atoms with Gasteiger partial charge in [-0.15, -0.1) is 22.7 Å². The van der Waals surface area contributed by atoms with E-state index in [1.54, 1.807) is 36.9 Å². The third-order valence-electron chi connectivity index (χ3n) is 4.22. The van der Waals surface area contributed by atoms with Gasteiger partial charge in [-0.05, 0) is 38.5 Å². The number of aryl methyl sites for hydroxylation is 1. The Bertz CT molecular complexity index is 1210. The van der Waals surface area contributed by atoms with Gasteiger partial charge < -0.3 is 9.72 Å². The molecule has 6 nitrogen and oxygen atoms in total. The lowest BCUT2D eigenvalue weighted by Crippen LogP contribution is -2.12. The lowest BCUT2D eigenvalue weighted by molar-refractivity contribution is 0.0531. The average Bonchev–Trinajstić information content (AvgIpc) is 3.22. The van der Waals surface area contributed by atoms with Crippen molar-refractivity contribution in [3.8, 4) is 0 Å². The van der Waals surface area contributed by atoms with E-state index in [1.807, 2.05) is 31.2 Å². The molecule has 0 aliphatic rings. The van der Waals surface area contributed by atoms with Gasteiger partial charge in [0, 0.05) is 0 Å². The molecule has 0 aliphatic carbocycles. The zero-order valence-electron chi connectivity index (χ0n) is 15.4. The van der Waals surface area contributed by atoms with Crippen molar-refractivity contribution in [3.05, 3.63) is 50.9 Å². The summed E-state index contributed by atoms with van der Waals surface area (Å²) in [7, 11) is 0. The Morgan fingerprint density at radius 1 is 1.29 bits per heavy atom. The molecule has 0 fully saturated rings. The van der Waals surface area contributed by atoms with Crippen LogP contribution in [0, 0.1) is 6.92 Å². The van der Waals surface area contributed by atoms with Gasteiger partial charge in [0.25, 0.3) is 5.56 Å². The quantitative estimate of drug-likeness (QED) is 0.356. The van der Waals surface area contributed by atoms with E-state index in [0.29, 0.717) is 26.5 Å². The number of thiophene rings is 1. The first kappa shape index (κ1) is 19.1. The van der Waals surface area contributed by atoms with Crippen molar-refractivity contribution in [2.24, 2.45) is 0 Å². The molecular weight excluding hydrogens is 414 g/mol. The highest BCUT2D eigenvalue weighted by Gasteiger charge is 2.22. The van der Waals surface area contributed by atoms with Crippen LogP contribution in [0.25, 0.3) is 20.4 Å². The molecule has 1 unspecified atom stereocenters. The molecule has 3 aromatic heterocycles. The molecule has 0 saturated heterocycles. The number of ether oxygens (including phenoxy) is 1. The number of thioether (sulfide) groups is 1. The predicted molar refractivity (Wildman–Crippen MR) is 115 cm³/mol. The van der Waals surface area contributed by atoms with Crippen LogP contribution in [0.3, 0.4) is 0 Å². The van der Waals surface area contributed by atoms with Crippen LogP contribution in [0.5, 0.6) is 0 Å². The maximum absolute atomic E-state index is 12.6. The summed E-state index contributed by atoms with van der Waals surface area (Å²) < 4.78 is 7.13. The van der Waals surface area contributed by atoms with Gasteiger partial charge in [-0.2, -0.15) is 0 Å². The van der Waals surface area contributed by atoms with Gasteiger partial charge in [-0.3, -0.25) is 4.79 Å². The Morgan fingerprint density at radius 2 is 2.07 bits per heavy atom. The number of para-hydroxylation sites is 1. The highest BCUT2D eigenvalue weighted by atomic mass is 32.2. The summed E-state index contributed by atoms with van der Waals surface area (Å²) >= 11 is 4.37. The summed E-state index contributed by atoms with van der Waals surface area (Å²) in [6.45, 7) is 5.77. The second kappa shape index (κ2) is 7.65. The van der Waals surface area contributed by atoms with Crippen LogP contribution in [0.15, 0.2) is 33.4 Å². The topological polar surface area (TPSA) is 84.9 Å². The summed E-state index contributed by atoms with van der Waals surface area (Å²) in [4.78, 5) is 37.9. The number of hydrogen-bond acceptors (Lipinski definition) is 8. The minimum atomic E-state index is -0.416. The average molecular weight is 432 g/mol. The molecule has 0 saturated carbocycles. The Kier molecular flexibility index (Phi) is 5.22. The first-order valence-corrected chi connectivity index (χ1v) is 11.2. The molecule has 0 aliphatic heterocycles. The van der Waals surface area contributed by atoms with E-state index >= 15 is 0 Å². The number of aromatic amines is 1. The number of H-pyrrole nitrogens is 1. The molecule has 9 heteroatoms. The lowest BCUT2D eigenvalue weighted by Gasteiger charge is -2.08. The molecule has 1 aromatic carbocycles. The number of aromatic nitrogens is 3. The third-order valence-corrected chi connectivity index (χ3v) is 7.62. The SMILES string of the molecule is CCOC(=O)c1sc2nc(C(C)Sc3nc4ccccc4s3)[nH]c(=O)c2c1C. The summed E-state index contributed by atoms with van der Waals surface area (Å²) in [5, 5.41) is 0.361. The summed E-state index contributed by atoms with van der Waals surface area (Å²) in [6.07, 6.45) is 0. The molecule has 1 atom stereocenters. The standard InChI is InChI=1S/C19H17N3O3S3/c1-4-25-18(24)14-9(2)13-16(23)21-15(22-17(13)28-14)10(3)26-19-20-11-7-5-6-8-12(11)27-19/h5-8,10H,4H2,1-3H3,(H,21,22,23). The Hall–Kier alpha value is -2.23. The molecule has 3 heterocycles. The number of benzene rings is 1. The van der Waals surface area contributed by atoms with Gasteiger partial charge in [0.2, 0.25) is 0 Å². The number of fused-ring (bicyclic) bond motifs is 2. The minimum absolute atomic E-state index is 0.0916. The van der Waals surface area contributed by atoms with E-state index in [1.165, 1.54) is 11.3 Å². The molecule has 1 N–H and O–H groups in total. The number of thiazole rings is 1. The minimum Gasteiger partial charge on any atom is -0.462 e. The van der Waals surface area contributed by atoms with Crippen LogP contribution in [0.4, 0.5) is 0 Å². The van der Waals surface area contributed by atoms with E-state index in [-0.39, 0.29) is 17.4 Å². The highest BCUT2D eigenvalue weighted by molar-refractivity contribution is 8.01. The largest absolute Gasteiger partial charge is 0.462 e. The third kappa shape index (κ3) is 3.45. The summed E-state index contributed by atoms with van der Waals surface area (Å²) in [5.74, 6) is 0.152. The predicted octanol–water partition coefficient (Wildman–Crippen LogP) is 4.93. The van der Waals surface area contributed by atoms with E-state index in [0.717, 1.165) is 14.6 Å². The van der Waals surface area contributed by atoms with E-state index in [2.05, 4.69) is 15.0 Å². The zero-order valence-corrected chi connectivity index (χ0v) is 17.9. The molecule has 144 valence electrons. The van der Waals surface area contributed by atoms with Crippen molar-refractivity contribution in [1.82, 2.24) is 15.0 Å². The number of esters is 1. The molecule has 4 aromatic rings. The van der Waals surface area contributed by atoms with E-state index in [9.17, 15) is 9.59 Å². The first-order chi connectivity index (χ1) is 13.5. The number of carbonyl (C=O) groups is 1. The number of nitrogens with zero attached hydrogens (tertiary/aromatic N) is 2. The number of rotatable bonds is 5. The van der Waals surface area contributed by atoms with Crippen molar-refractivity contribution < 1.29 is 9.53 Å². The lowest BCUT2D eigenvalue weighted by atomic mass is 10.2. The van der Waals surface area contributed by atoms with E-state index in [4.69, 9.17) is 4.74 Å². The molecule has 4 rings (SSSR count). The van der Waals surface area contributed by atoms with Crippen LogP contribution < -0.4 is 5.56 Å². The van der Waals surface area contributed by atoms with Crippen LogP contribution >= 0.6 is 34.4 Å². The van der Waals surface area contributed by atoms with Crippen molar-refractivity contribution in [1.29, 1.82) is 0 Å². The van der Waals surface area contributed by atoms with Gasteiger partial charge in [0.1, 0.15) is 15.5 Å². The first-order valence-electron chi connectivity index (χ1n) is 8.70. The van der Waals surface area contributed by atoms with Crippen molar-refractivity contribution in [2.75, 3.05) is 6.61 Å². The second-order valence-electron chi connectivity index (χ2n) is 6.12. The van der Waals surface area contributed by atoms with Crippen molar-refractivity contribution in [2.45, 2.75) is 30.4 Å². The van der Waals surface area contributed by atoms with Crippen LogP contribution in [-0.4, -0.2) is 27.5 Å². The fourth-order valence-corrected chi connectivity index (χ4v) is 6.20. The highest BCUT2D eigenvalue weighted by Crippen LogP contribution is 2.38. The van der Waals surface area contributed by atoms with Crippen molar-refractivity contribution in [3.63, 3.8) is 0 Å². The maximum Gasteiger partial charge on any atom is 0.348 e. The number of nitrogens with one attached hydrogen (secondary N) is 1. The molecule has 0 bridgehead atoms. The zero-order chi connectivity index (χ0) is 19.8. The van der Waals surface area contributed by atoms with E-state index < -0.39 is 5.97 Å². The smallest absolute Gasteiger partial charge is 0.348 e. The van der Waals surface area contributed by atoms with Gasteiger partial charge in [0.05, 0.1) is 27.5 Å². The Morgan fingerprint density at radius 3 is 2.82 bits per heavy atom. The molecule has 0 radical (unpaired) electrons. The Balaban J connectivity index is 1.68. The Labute approximate surface area is 173 Å². The van der Waals surface area contributed by atoms with Crippen LogP contribution in [-0.2, 0) is 4.74 Å². The molecule has 0 spiro atoms. The maximum atomic E-state index is 12.6. The van der Waals surface area contributed by atoms with Gasteiger partial charge in [-0.25, -0.2) is 14.8 Å². The van der Waals surface area contributed by atoms with Crippen LogP contribution in [0.2, 0.25) is 0 Å². The molecular formula is C19H17N3O3S3. The fraction of sp³-hybridized carbons (Fsp3) is 0.263. The van der Waals surface area contributed by atoms with Gasteiger partial charge in [-0.1, -0.05) is 23.9 Å².